The Morgan fingerprint density at radius 1 is 1.64 bits per heavy atom. The minimum atomic E-state index is -1.19. The van der Waals surface area contributed by atoms with Crippen molar-refractivity contribution in [3.8, 4) is 0 Å². The summed E-state index contributed by atoms with van der Waals surface area (Å²) in [5, 5.41) is 0. The average Bonchev–Trinajstić information content (AvgIpc) is 2.12. The lowest BCUT2D eigenvalue weighted by molar-refractivity contribution is 0.124. The Hall–Kier alpha value is -0.110. The summed E-state index contributed by atoms with van der Waals surface area (Å²) in [5.74, 6) is 0. The lowest BCUT2D eigenvalue weighted by Crippen LogP contribution is -2.43. The maximum absolute atomic E-state index is 13.2. The van der Waals surface area contributed by atoms with Crippen LogP contribution in [0.3, 0.4) is 0 Å². The van der Waals surface area contributed by atoms with E-state index in [1.807, 2.05) is 20.8 Å². The maximum atomic E-state index is 13.2. The molecule has 1 fully saturated rings. The van der Waals surface area contributed by atoms with Crippen molar-refractivity contribution in [1.29, 1.82) is 0 Å². The zero-order valence-electron chi connectivity index (χ0n) is 9.69. The molecule has 1 aliphatic heterocycles. The van der Waals surface area contributed by atoms with E-state index in [2.05, 4.69) is 0 Å². The van der Waals surface area contributed by atoms with Crippen LogP contribution in [0.2, 0.25) is 0 Å². The highest BCUT2D eigenvalue weighted by Crippen LogP contribution is 2.27. The summed E-state index contributed by atoms with van der Waals surface area (Å²) in [6.07, 6.45) is -2.14. The molecule has 0 N–H and O–H groups in total. The quantitative estimate of drug-likeness (QED) is 0.526. The van der Waals surface area contributed by atoms with Crippen molar-refractivity contribution in [2.75, 3.05) is 6.54 Å². The molecule has 1 rings (SSSR count). The molecule has 2 heteroatoms. The summed E-state index contributed by atoms with van der Waals surface area (Å²) in [4.78, 5) is 1.75. The van der Waals surface area contributed by atoms with Crippen molar-refractivity contribution in [2.24, 2.45) is 0 Å². The number of hydrogen-bond acceptors (Lipinski definition) is 1. The van der Waals surface area contributed by atoms with Gasteiger partial charge in [0, 0.05) is 20.8 Å². The molecular formula is C9H18FN. The summed E-state index contributed by atoms with van der Waals surface area (Å²) in [5.41, 5.74) is -0.239. The van der Waals surface area contributed by atoms with Gasteiger partial charge in [-0.25, -0.2) is 4.39 Å². The van der Waals surface area contributed by atoms with Crippen LogP contribution in [0.15, 0.2) is 0 Å². The third-order valence-electron chi connectivity index (χ3n) is 2.01. The molecule has 0 aromatic rings. The number of halogens is 1. The van der Waals surface area contributed by atoms with Gasteiger partial charge in [-0.1, -0.05) is 0 Å². The Balaban J connectivity index is 2.91. The van der Waals surface area contributed by atoms with Gasteiger partial charge in [-0.3, -0.25) is 4.90 Å². The fraction of sp³-hybridized carbons (Fsp3) is 1.00. The van der Waals surface area contributed by atoms with Crippen LogP contribution in [0.25, 0.3) is 0 Å². The first kappa shape index (κ1) is 6.41. The topological polar surface area (TPSA) is 3.24 Å². The van der Waals surface area contributed by atoms with Crippen molar-refractivity contribution >= 4 is 0 Å². The lowest BCUT2D eigenvalue weighted by atomic mass is 10.1. The van der Waals surface area contributed by atoms with Crippen molar-refractivity contribution in [3.63, 3.8) is 0 Å². The number of likely N-dealkylation sites (tertiary alicyclic amines) is 1. The molecule has 66 valence electrons. The molecule has 0 amide bonds. The third kappa shape index (κ3) is 1.92. The molecule has 11 heavy (non-hydrogen) atoms. The minimum Gasteiger partial charge on any atom is -0.293 e. The second-order valence-electron chi connectivity index (χ2n) is 4.11. The van der Waals surface area contributed by atoms with Gasteiger partial charge in [-0.05, 0) is 34.1 Å². The van der Waals surface area contributed by atoms with Crippen molar-refractivity contribution < 1.29 is 7.13 Å². The van der Waals surface area contributed by atoms with E-state index in [9.17, 15) is 4.39 Å². The molecule has 0 bridgehead atoms. The number of nitrogens with zero attached hydrogens (tertiary/aromatic N) is 1. The third-order valence-corrected chi connectivity index (χ3v) is 2.01. The Bertz CT molecular complexity index is 200. The SMILES string of the molecule is [2H]C1[C@H](F)CN(C(C)(C)C)[C@@]1([2H])C. The zero-order valence-corrected chi connectivity index (χ0v) is 7.69. The van der Waals surface area contributed by atoms with Gasteiger partial charge in [0.25, 0.3) is 0 Å². The summed E-state index contributed by atoms with van der Waals surface area (Å²) < 4.78 is 28.7. The van der Waals surface area contributed by atoms with E-state index in [-0.39, 0.29) is 12.1 Å². The molecule has 1 aliphatic rings. The molecule has 0 aliphatic carbocycles. The second-order valence-corrected chi connectivity index (χ2v) is 4.11. The van der Waals surface area contributed by atoms with Crippen molar-refractivity contribution in [1.82, 2.24) is 4.90 Å². The fourth-order valence-corrected chi connectivity index (χ4v) is 1.53. The Morgan fingerprint density at radius 3 is 2.36 bits per heavy atom. The van der Waals surface area contributed by atoms with Gasteiger partial charge in [-0.2, -0.15) is 0 Å². The normalized spacial score (nSPS) is 50.6. The molecule has 0 radical (unpaired) electrons. The zero-order chi connectivity index (χ0) is 10.4. The molecule has 0 aromatic carbocycles. The van der Waals surface area contributed by atoms with Crippen LogP contribution < -0.4 is 0 Å². The molecule has 1 nitrogen and oxygen atoms in total. The molecule has 1 saturated heterocycles. The maximum Gasteiger partial charge on any atom is 0.114 e. The summed E-state index contributed by atoms with van der Waals surface area (Å²) in [6, 6.07) is -1.10. The number of alkyl halides is 1. The molecule has 0 spiro atoms. The van der Waals surface area contributed by atoms with Crippen LogP contribution in [0, 0.1) is 0 Å². The predicted molar refractivity (Wildman–Crippen MR) is 45.4 cm³/mol. The summed E-state index contributed by atoms with van der Waals surface area (Å²) >= 11 is 0. The molecular weight excluding hydrogens is 141 g/mol. The second kappa shape index (κ2) is 2.74. The van der Waals surface area contributed by atoms with E-state index in [1.165, 1.54) is 0 Å². The van der Waals surface area contributed by atoms with Crippen LogP contribution in [-0.4, -0.2) is 29.2 Å². The van der Waals surface area contributed by atoms with E-state index in [4.69, 9.17) is 2.74 Å². The number of hydrogen-bond donors (Lipinski definition) is 0. The highest BCUT2D eigenvalue weighted by atomic mass is 19.1. The first-order valence-corrected chi connectivity index (χ1v) is 4.01. The predicted octanol–water partition coefficient (Wildman–Crippen LogP) is 2.22. The molecule has 1 unspecified atom stereocenters. The van der Waals surface area contributed by atoms with Crippen LogP contribution in [0.5, 0.6) is 0 Å². The smallest absolute Gasteiger partial charge is 0.114 e. The Labute approximate surface area is 71.4 Å². The lowest BCUT2D eigenvalue weighted by Gasteiger charge is -2.35. The minimum absolute atomic E-state index is 0.206. The van der Waals surface area contributed by atoms with Gasteiger partial charge in [-0.15, -0.1) is 0 Å². The monoisotopic (exact) mass is 161 g/mol. The van der Waals surface area contributed by atoms with Crippen LogP contribution in [0.4, 0.5) is 4.39 Å². The Kier molecular flexibility index (Phi) is 1.60. The molecule has 0 saturated carbocycles. The highest BCUT2D eigenvalue weighted by Gasteiger charge is 2.35. The van der Waals surface area contributed by atoms with E-state index < -0.39 is 18.6 Å². The van der Waals surface area contributed by atoms with Crippen LogP contribution in [-0.2, 0) is 0 Å². The van der Waals surface area contributed by atoms with Crippen LogP contribution in [0.1, 0.15) is 36.8 Å². The highest BCUT2D eigenvalue weighted by molar-refractivity contribution is 4.89. The first-order chi connectivity index (χ1) is 5.67. The van der Waals surface area contributed by atoms with Crippen molar-refractivity contribution in [2.45, 2.75) is 51.8 Å². The summed E-state index contributed by atoms with van der Waals surface area (Å²) in [6.45, 7) is 7.67. The largest absolute Gasteiger partial charge is 0.293 e. The van der Waals surface area contributed by atoms with E-state index in [0.29, 0.717) is 0 Å². The average molecular weight is 161 g/mol. The van der Waals surface area contributed by atoms with Gasteiger partial charge >= 0.3 is 0 Å². The number of rotatable bonds is 0. The van der Waals surface area contributed by atoms with Gasteiger partial charge in [0.1, 0.15) is 6.17 Å². The van der Waals surface area contributed by atoms with Gasteiger partial charge < -0.3 is 0 Å². The first-order valence-electron chi connectivity index (χ1n) is 5.09. The standard InChI is InChI=1S/C9H18FN/c1-7-5-8(10)6-11(7)9(2,3)4/h7-8H,5-6H2,1-4H3/t7-,8-/m0/s1/i5D,7D/t5?,7-,8-. The van der Waals surface area contributed by atoms with Gasteiger partial charge in [0.2, 0.25) is 0 Å². The molecule has 3 atom stereocenters. The fourth-order valence-electron chi connectivity index (χ4n) is 1.53. The van der Waals surface area contributed by atoms with Crippen LogP contribution >= 0.6 is 0 Å². The Morgan fingerprint density at radius 2 is 2.18 bits per heavy atom. The molecule has 1 heterocycles. The van der Waals surface area contributed by atoms with E-state index in [1.54, 1.807) is 11.8 Å². The van der Waals surface area contributed by atoms with E-state index >= 15 is 0 Å². The van der Waals surface area contributed by atoms with Gasteiger partial charge in [0.15, 0.2) is 0 Å². The van der Waals surface area contributed by atoms with Gasteiger partial charge in [0.05, 0.1) is 0 Å². The molecule has 0 aromatic heterocycles. The summed E-state index contributed by atoms with van der Waals surface area (Å²) in [7, 11) is 0. The van der Waals surface area contributed by atoms with Crippen molar-refractivity contribution in [3.05, 3.63) is 0 Å². The van der Waals surface area contributed by atoms with E-state index in [0.717, 1.165) is 0 Å².